The molecule has 3 nitrogen and oxygen atoms in total. The standard InChI is InChI=1S/C8H12N2O/c1-9-6-7-3-4-10(2)8(11)5-7/h3-5H,1,6,9H2,2H3. The first-order chi connectivity index (χ1) is 5.24. The molecule has 0 saturated heterocycles. The molecule has 0 aliphatic carbocycles. The van der Waals surface area contributed by atoms with Gasteiger partial charge in [-0.25, -0.2) is 0 Å². The van der Waals surface area contributed by atoms with Crippen molar-refractivity contribution in [2.24, 2.45) is 7.05 Å². The molecule has 0 saturated carbocycles. The fraction of sp³-hybridized carbons (Fsp3) is 0.250. The third-order valence-electron chi connectivity index (χ3n) is 1.55. The summed E-state index contributed by atoms with van der Waals surface area (Å²) in [6, 6.07) is 3.55. The SMILES string of the molecule is [CH2-][NH2+]Cc1ccn(C)c(=O)c1. The Labute approximate surface area is 65.7 Å². The first kappa shape index (κ1) is 8.01. The average Bonchev–Trinajstić information content (AvgIpc) is 1.98. The second kappa shape index (κ2) is 3.34. The quantitative estimate of drug-likeness (QED) is 0.556. The molecular formula is C8H12N2O. The number of quaternary nitrogens is 1. The minimum absolute atomic E-state index is 0.0318. The van der Waals surface area contributed by atoms with Crippen LogP contribution < -0.4 is 10.9 Å². The molecule has 0 spiro atoms. The van der Waals surface area contributed by atoms with Crippen LogP contribution in [-0.4, -0.2) is 4.57 Å². The molecular weight excluding hydrogens is 140 g/mol. The lowest BCUT2D eigenvalue weighted by molar-refractivity contribution is -0.612. The van der Waals surface area contributed by atoms with E-state index in [1.54, 1.807) is 29.2 Å². The fourth-order valence-electron chi connectivity index (χ4n) is 0.883. The van der Waals surface area contributed by atoms with Gasteiger partial charge in [0.25, 0.3) is 5.56 Å². The van der Waals surface area contributed by atoms with Gasteiger partial charge in [0, 0.05) is 24.9 Å². The van der Waals surface area contributed by atoms with Crippen LogP contribution in [0.3, 0.4) is 0 Å². The lowest BCUT2D eigenvalue weighted by Crippen LogP contribution is -2.74. The molecule has 0 aliphatic rings. The summed E-state index contributed by atoms with van der Waals surface area (Å²) in [6.45, 7) is 0.760. The van der Waals surface area contributed by atoms with Crippen molar-refractivity contribution in [1.82, 2.24) is 4.57 Å². The molecule has 1 rings (SSSR count). The zero-order chi connectivity index (χ0) is 8.27. The molecule has 0 bridgehead atoms. The van der Waals surface area contributed by atoms with Crippen molar-refractivity contribution in [3.05, 3.63) is 41.3 Å². The molecule has 0 aromatic carbocycles. The second-order valence-corrected chi connectivity index (χ2v) is 2.48. The largest absolute Gasteiger partial charge is 0.475 e. The number of aromatic nitrogens is 1. The van der Waals surface area contributed by atoms with Crippen LogP contribution in [-0.2, 0) is 13.6 Å². The lowest BCUT2D eigenvalue weighted by atomic mass is 10.3. The van der Waals surface area contributed by atoms with E-state index >= 15 is 0 Å². The number of nitrogens with two attached hydrogens (primary N) is 1. The smallest absolute Gasteiger partial charge is 0.250 e. The summed E-state index contributed by atoms with van der Waals surface area (Å²) in [6.07, 6.45) is 1.77. The Bertz CT molecular complexity index is 290. The lowest BCUT2D eigenvalue weighted by Gasteiger charge is -2.00. The van der Waals surface area contributed by atoms with Crippen molar-refractivity contribution < 1.29 is 5.32 Å². The van der Waals surface area contributed by atoms with Crippen LogP contribution in [0, 0.1) is 7.05 Å². The Morgan fingerprint density at radius 1 is 1.73 bits per heavy atom. The molecule has 0 amide bonds. The summed E-state index contributed by atoms with van der Waals surface area (Å²) < 4.78 is 1.55. The minimum atomic E-state index is 0.0318. The third-order valence-corrected chi connectivity index (χ3v) is 1.55. The Balaban J connectivity index is 2.96. The summed E-state index contributed by atoms with van der Waals surface area (Å²) in [7, 11) is 5.34. The van der Waals surface area contributed by atoms with E-state index in [9.17, 15) is 4.79 Å². The summed E-state index contributed by atoms with van der Waals surface area (Å²) in [4.78, 5) is 11.0. The van der Waals surface area contributed by atoms with Gasteiger partial charge in [0.2, 0.25) is 0 Å². The van der Waals surface area contributed by atoms with E-state index in [4.69, 9.17) is 0 Å². The molecule has 0 fully saturated rings. The van der Waals surface area contributed by atoms with E-state index in [2.05, 4.69) is 7.05 Å². The maximum Gasteiger partial charge on any atom is 0.250 e. The molecule has 0 unspecified atom stereocenters. The predicted octanol–water partition coefficient (Wildman–Crippen LogP) is -0.760. The molecule has 1 heterocycles. The van der Waals surface area contributed by atoms with E-state index in [1.165, 1.54) is 0 Å². The van der Waals surface area contributed by atoms with Gasteiger partial charge in [-0.2, -0.15) is 7.05 Å². The third kappa shape index (κ3) is 1.91. The van der Waals surface area contributed by atoms with Gasteiger partial charge in [0.1, 0.15) is 0 Å². The molecule has 3 heteroatoms. The van der Waals surface area contributed by atoms with Crippen LogP contribution in [0.15, 0.2) is 23.1 Å². The van der Waals surface area contributed by atoms with Gasteiger partial charge in [-0.15, -0.1) is 0 Å². The van der Waals surface area contributed by atoms with Crippen molar-refractivity contribution in [3.63, 3.8) is 0 Å². The summed E-state index contributed by atoms with van der Waals surface area (Å²) >= 11 is 0. The normalized spacial score (nSPS) is 10.0. The average molecular weight is 152 g/mol. The van der Waals surface area contributed by atoms with Crippen molar-refractivity contribution in [2.75, 3.05) is 0 Å². The molecule has 1 aromatic rings. The fourth-order valence-corrected chi connectivity index (χ4v) is 0.883. The summed E-state index contributed by atoms with van der Waals surface area (Å²) in [5, 5.41) is 1.79. The topological polar surface area (TPSA) is 38.6 Å². The van der Waals surface area contributed by atoms with Crippen molar-refractivity contribution in [1.29, 1.82) is 0 Å². The van der Waals surface area contributed by atoms with Gasteiger partial charge in [-0.1, -0.05) is 0 Å². The monoisotopic (exact) mass is 152 g/mol. The van der Waals surface area contributed by atoms with Crippen molar-refractivity contribution in [3.8, 4) is 0 Å². The van der Waals surface area contributed by atoms with Crippen LogP contribution >= 0.6 is 0 Å². The van der Waals surface area contributed by atoms with E-state index in [-0.39, 0.29) is 5.56 Å². The molecule has 11 heavy (non-hydrogen) atoms. The first-order valence-electron chi connectivity index (χ1n) is 3.50. The zero-order valence-electron chi connectivity index (χ0n) is 6.58. The maximum absolute atomic E-state index is 11.0. The molecule has 1 aromatic heterocycles. The molecule has 0 aliphatic heterocycles. The first-order valence-corrected chi connectivity index (χ1v) is 3.50. The van der Waals surface area contributed by atoms with E-state index in [0.717, 1.165) is 12.1 Å². The van der Waals surface area contributed by atoms with Crippen LogP contribution in [0.1, 0.15) is 5.56 Å². The second-order valence-electron chi connectivity index (χ2n) is 2.48. The highest BCUT2D eigenvalue weighted by atomic mass is 16.1. The predicted molar refractivity (Wildman–Crippen MR) is 42.7 cm³/mol. The minimum Gasteiger partial charge on any atom is -0.475 e. The highest BCUT2D eigenvalue weighted by Gasteiger charge is 1.93. The maximum atomic E-state index is 11.0. The number of rotatable bonds is 2. The zero-order valence-corrected chi connectivity index (χ0v) is 6.58. The summed E-state index contributed by atoms with van der Waals surface area (Å²) in [5.74, 6) is 0. The molecule has 0 radical (unpaired) electrons. The van der Waals surface area contributed by atoms with Crippen molar-refractivity contribution >= 4 is 0 Å². The molecule has 2 N–H and O–H groups in total. The van der Waals surface area contributed by atoms with E-state index in [0.29, 0.717) is 0 Å². The number of pyridine rings is 1. The Kier molecular flexibility index (Phi) is 2.44. The Morgan fingerprint density at radius 3 is 3.00 bits per heavy atom. The van der Waals surface area contributed by atoms with Crippen LogP contribution in [0.4, 0.5) is 0 Å². The Morgan fingerprint density at radius 2 is 2.45 bits per heavy atom. The summed E-state index contributed by atoms with van der Waals surface area (Å²) in [5.41, 5.74) is 1.05. The van der Waals surface area contributed by atoms with Gasteiger partial charge in [-0.3, -0.25) is 4.79 Å². The highest BCUT2D eigenvalue weighted by molar-refractivity contribution is 5.08. The number of hydrogen-bond donors (Lipinski definition) is 1. The van der Waals surface area contributed by atoms with Crippen LogP contribution in [0.2, 0.25) is 0 Å². The van der Waals surface area contributed by atoms with Gasteiger partial charge < -0.3 is 9.88 Å². The van der Waals surface area contributed by atoms with Crippen LogP contribution in [0.25, 0.3) is 0 Å². The van der Waals surface area contributed by atoms with Crippen LogP contribution in [0.5, 0.6) is 0 Å². The Hall–Kier alpha value is -1.09. The van der Waals surface area contributed by atoms with Crippen molar-refractivity contribution in [2.45, 2.75) is 6.54 Å². The van der Waals surface area contributed by atoms with E-state index in [1.807, 2.05) is 6.07 Å². The highest BCUT2D eigenvalue weighted by Crippen LogP contribution is 1.89. The van der Waals surface area contributed by atoms with E-state index < -0.39 is 0 Å². The number of aryl methyl sites for hydroxylation is 1. The molecule has 60 valence electrons. The van der Waals surface area contributed by atoms with Gasteiger partial charge in [0.05, 0.1) is 6.54 Å². The number of hydrogen-bond acceptors (Lipinski definition) is 1. The molecule has 0 atom stereocenters. The van der Waals surface area contributed by atoms with Gasteiger partial charge >= 0.3 is 0 Å². The van der Waals surface area contributed by atoms with Gasteiger partial charge in [0.15, 0.2) is 0 Å². The number of nitrogens with zero attached hydrogens (tertiary/aromatic N) is 1. The van der Waals surface area contributed by atoms with Gasteiger partial charge in [-0.05, 0) is 6.07 Å².